The number of hydrazone groups is 1. The molecule has 0 fully saturated rings. The summed E-state index contributed by atoms with van der Waals surface area (Å²) in [5.41, 5.74) is 10.5. The van der Waals surface area contributed by atoms with Gasteiger partial charge in [0.2, 0.25) is 0 Å². The summed E-state index contributed by atoms with van der Waals surface area (Å²) >= 11 is 0. The van der Waals surface area contributed by atoms with Gasteiger partial charge in [0.15, 0.2) is 0 Å². The summed E-state index contributed by atoms with van der Waals surface area (Å²) in [4.78, 5) is 18.2. The van der Waals surface area contributed by atoms with Crippen molar-refractivity contribution in [3.63, 3.8) is 0 Å². The number of fused-ring (bicyclic) bond motifs is 1. The van der Waals surface area contributed by atoms with E-state index in [0.29, 0.717) is 5.71 Å². The molecular formula is C15H13N5O. The SMILES string of the molecule is NC(=O)N/N=C(\c1ccccc1)c1cc2ccncc2[nH]1. The first kappa shape index (κ1) is 12.9. The Bertz CT molecular complexity index is 774. The van der Waals surface area contributed by atoms with Crippen LogP contribution in [0.3, 0.4) is 0 Å². The summed E-state index contributed by atoms with van der Waals surface area (Å²) in [5, 5.41) is 5.12. The minimum atomic E-state index is -0.707. The van der Waals surface area contributed by atoms with Crippen molar-refractivity contribution in [2.75, 3.05) is 0 Å². The number of aromatic amines is 1. The lowest BCUT2D eigenvalue weighted by molar-refractivity contribution is 0.249. The predicted octanol–water partition coefficient (Wildman–Crippen LogP) is 1.98. The van der Waals surface area contributed by atoms with Crippen LogP contribution in [-0.2, 0) is 0 Å². The van der Waals surface area contributed by atoms with E-state index in [-0.39, 0.29) is 0 Å². The average molecular weight is 279 g/mol. The fourth-order valence-electron chi connectivity index (χ4n) is 2.09. The van der Waals surface area contributed by atoms with Crippen molar-refractivity contribution in [2.24, 2.45) is 10.8 Å². The molecule has 0 unspecified atom stereocenters. The Morgan fingerprint density at radius 1 is 1.24 bits per heavy atom. The van der Waals surface area contributed by atoms with Gasteiger partial charge < -0.3 is 10.7 Å². The van der Waals surface area contributed by atoms with E-state index >= 15 is 0 Å². The quantitative estimate of drug-likeness (QED) is 0.505. The van der Waals surface area contributed by atoms with Crippen molar-refractivity contribution in [1.29, 1.82) is 0 Å². The van der Waals surface area contributed by atoms with Gasteiger partial charge in [0.1, 0.15) is 5.71 Å². The molecule has 0 saturated carbocycles. The highest BCUT2D eigenvalue weighted by Crippen LogP contribution is 2.17. The molecule has 0 aliphatic rings. The number of primary amides is 1. The normalized spacial score (nSPS) is 11.5. The smallest absolute Gasteiger partial charge is 0.332 e. The Hall–Kier alpha value is -3.15. The maximum atomic E-state index is 10.9. The van der Waals surface area contributed by atoms with Crippen molar-refractivity contribution in [1.82, 2.24) is 15.4 Å². The Balaban J connectivity index is 2.10. The van der Waals surface area contributed by atoms with Gasteiger partial charge in [-0.1, -0.05) is 30.3 Å². The number of nitrogens with two attached hydrogens (primary N) is 1. The van der Waals surface area contributed by atoms with Crippen LogP contribution >= 0.6 is 0 Å². The molecule has 2 aromatic heterocycles. The number of pyridine rings is 1. The van der Waals surface area contributed by atoms with E-state index in [1.807, 2.05) is 42.5 Å². The van der Waals surface area contributed by atoms with Gasteiger partial charge in [0, 0.05) is 17.1 Å². The van der Waals surface area contributed by atoms with Gasteiger partial charge >= 0.3 is 6.03 Å². The van der Waals surface area contributed by atoms with E-state index in [1.165, 1.54) is 0 Å². The summed E-state index contributed by atoms with van der Waals surface area (Å²) in [7, 11) is 0. The first-order valence-electron chi connectivity index (χ1n) is 6.36. The van der Waals surface area contributed by atoms with Gasteiger partial charge in [0.05, 0.1) is 17.4 Å². The van der Waals surface area contributed by atoms with Gasteiger partial charge in [-0.25, -0.2) is 10.2 Å². The van der Waals surface area contributed by atoms with Gasteiger partial charge in [-0.2, -0.15) is 5.10 Å². The number of aromatic nitrogens is 2. The fraction of sp³-hybridized carbons (Fsp3) is 0. The van der Waals surface area contributed by atoms with Crippen LogP contribution in [0.2, 0.25) is 0 Å². The number of hydrogen-bond acceptors (Lipinski definition) is 3. The monoisotopic (exact) mass is 279 g/mol. The topological polar surface area (TPSA) is 96.2 Å². The second-order valence-corrected chi connectivity index (χ2v) is 4.45. The molecule has 3 rings (SSSR count). The lowest BCUT2D eigenvalue weighted by Gasteiger charge is -2.04. The molecule has 0 atom stereocenters. The number of H-pyrrole nitrogens is 1. The molecular weight excluding hydrogens is 266 g/mol. The Morgan fingerprint density at radius 3 is 2.76 bits per heavy atom. The zero-order chi connectivity index (χ0) is 14.7. The lowest BCUT2D eigenvalue weighted by atomic mass is 10.1. The van der Waals surface area contributed by atoms with Crippen LogP contribution in [0.5, 0.6) is 0 Å². The third kappa shape index (κ3) is 2.74. The zero-order valence-electron chi connectivity index (χ0n) is 11.1. The number of carbonyl (C=O) groups is 1. The molecule has 4 N–H and O–H groups in total. The number of carbonyl (C=O) groups excluding carboxylic acids is 1. The number of benzene rings is 1. The molecule has 2 heterocycles. The molecule has 21 heavy (non-hydrogen) atoms. The van der Waals surface area contributed by atoms with Crippen LogP contribution in [-0.4, -0.2) is 21.7 Å². The van der Waals surface area contributed by atoms with E-state index in [9.17, 15) is 4.79 Å². The molecule has 0 aliphatic heterocycles. The van der Waals surface area contributed by atoms with Gasteiger partial charge in [-0.3, -0.25) is 4.98 Å². The van der Waals surface area contributed by atoms with Crippen LogP contribution in [0.4, 0.5) is 4.79 Å². The second-order valence-electron chi connectivity index (χ2n) is 4.45. The van der Waals surface area contributed by atoms with Gasteiger partial charge in [-0.15, -0.1) is 0 Å². The largest absolute Gasteiger partial charge is 0.352 e. The van der Waals surface area contributed by atoms with Crippen molar-refractivity contribution in [3.05, 3.63) is 66.1 Å². The molecule has 0 bridgehead atoms. The van der Waals surface area contributed by atoms with Crippen LogP contribution in [0.15, 0.2) is 60.0 Å². The zero-order valence-corrected chi connectivity index (χ0v) is 11.1. The van der Waals surface area contributed by atoms with E-state index in [2.05, 4.69) is 20.5 Å². The van der Waals surface area contributed by atoms with Gasteiger partial charge in [-0.05, 0) is 12.1 Å². The van der Waals surface area contributed by atoms with Crippen molar-refractivity contribution in [3.8, 4) is 0 Å². The number of nitrogens with zero attached hydrogens (tertiary/aromatic N) is 2. The molecule has 3 aromatic rings. The number of rotatable bonds is 3. The molecule has 0 aliphatic carbocycles. The lowest BCUT2D eigenvalue weighted by Crippen LogP contribution is -2.26. The minimum Gasteiger partial charge on any atom is -0.352 e. The Morgan fingerprint density at radius 2 is 2.05 bits per heavy atom. The van der Waals surface area contributed by atoms with Gasteiger partial charge in [0.25, 0.3) is 0 Å². The number of hydrogen-bond donors (Lipinski definition) is 3. The maximum Gasteiger partial charge on any atom is 0.332 e. The summed E-state index contributed by atoms with van der Waals surface area (Å²) in [6.07, 6.45) is 3.46. The van der Waals surface area contributed by atoms with Crippen molar-refractivity contribution in [2.45, 2.75) is 0 Å². The maximum absolute atomic E-state index is 10.9. The fourth-order valence-corrected chi connectivity index (χ4v) is 2.09. The van der Waals surface area contributed by atoms with Crippen LogP contribution < -0.4 is 11.2 Å². The molecule has 104 valence electrons. The molecule has 0 spiro atoms. The highest BCUT2D eigenvalue weighted by molar-refractivity contribution is 6.13. The Labute approximate surface area is 120 Å². The molecule has 2 amide bonds. The summed E-state index contributed by atoms with van der Waals surface area (Å²) in [6, 6.07) is 12.7. The number of urea groups is 1. The first-order chi connectivity index (χ1) is 10.2. The second kappa shape index (κ2) is 5.46. The van der Waals surface area contributed by atoms with Crippen molar-refractivity contribution < 1.29 is 4.79 Å². The predicted molar refractivity (Wildman–Crippen MR) is 80.9 cm³/mol. The molecule has 6 nitrogen and oxygen atoms in total. The van der Waals surface area contributed by atoms with Crippen molar-refractivity contribution >= 4 is 22.6 Å². The first-order valence-corrected chi connectivity index (χ1v) is 6.36. The minimum absolute atomic E-state index is 0.602. The van der Waals surface area contributed by atoms with E-state index in [0.717, 1.165) is 22.2 Å². The highest BCUT2D eigenvalue weighted by Gasteiger charge is 2.10. The molecule has 1 aromatic carbocycles. The molecule has 6 heteroatoms. The summed E-state index contributed by atoms with van der Waals surface area (Å²) < 4.78 is 0. The van der Waals surface area contributed by atoms with Crippen LogP contribution in [0.1, 0.15) is 11.3 Å². The molecule has 0 radical (unpaired) electrons. The number of nitrogens with one attached hydrogen (secondary N) is 2. The van der Waals surface area contributed by atoms with Crippen LogP contribution in [0, 0.1) is 0 Å². The van der Waals surface area contributed by atoms with E-state index in [4.69, 9.17) is 5.73 Å². The van der Waals surface area contributed by atoms with E-state index < -0.39 is 6.03 Å². The third-order valence-corrected chi connectivity index (χ3v) is 3.00. The standard InChI is InChI=1S/C15H13N5O/c16-15(21)20-19-14(10-4-2-1-3-5-10)12-8-11-6-7-17-9-13(11)18-12/h1-9,18H,(H3,16,20,21)/b19-14+. The van der Waals surface area contributed by atoms with E-state index in [1.54, 1.807) is 12.4 Å². The molecule has 0 saturated heterocycles. The highest BCUT2D eigenvalue weighted by atomic mass is 16.2. The Kier molecular flexibility index (Phi) is 3.34. The van der Waals surface area contributed by atoms with Crippen LogP contribution in [0.25, 0.3) is 10.9 Å². The average Bonchev–Trinajstić information content (AvgIpc) is 2.92. The number of amides is 2. The summed E-state index contributed by atoms with van der Waals surface area (Å²) in [5.74, 6) is 0. The summed E-state index contributed by atoms with van der Waals surface area (Å²) in [6.45, 7) is 0. The third-order valence-electron chi connectivity index (χ3n) is 3.00.